The Morgan fingerprint density at radius 2 is 2.14 bits per heavy atom. The zero-order valence-electron chi connectivity index (χ0n) is 12.0. The first kappa shape index (κ1) is 15.5. The highest BCUT2D eigenvalue weighted by Crippen LogP contribution is 2.24. The van der Waals surface area contributed by atoms with E-state index in [1.807, 2.05) is 29.6 Å². The average molecular weight is 381 g/mol. The Balaban J connectivity index is 1.46. The van der Waals surface area contributed by atoms with Crippen LogP contribution >= 0.6 is 27.3 Å². The van der Waals surface area contributed by atoms with Crippen molar-refractivity contribution in [3.63, 3.8) is 0 Å². The number of carbonyl (C=O) groups excluding carboxylic acids is 1. The lowest BCUT2D eigenvalue weighted by molar-refractivity contribution is 0.0894. The van der Waals surface area contributed by atoms with E-state index < -0.39 is 0 Å². The number of ether oxygens (including phenoxy) is 1. The fourth-order valence-electron chi connectivity index (χ4n) is 2.60. The summed E-state index contributed by atoms with van der Waals surface area (Å²) in [4.78, 5) is 17.1. The maximum atomic E-state index is 12.1. The molecule has 0 spiro atoms. The Bertz CT molecular complexity index is 624. The smallest absolute Gasteiger partial charge is 0.261 e. The fourth-order valence-corrected chi connectivity index (χ4v) is 3.93. The SMILES string of the molecule is O=C(NC1CCC(Oc2ccccn2)CC1)c1cc(Br)cs1. The summed E-state index contributed by atoms with van der Waals surface area (Å²) in [7, 11) is 0. The second-order valence-electron chi connectivity index (χ2n) is 5.36. The maximum absolute atomic E-state index is 12.1. The summed E-state index contributed by atoms with van der Waals surface area (Å²) in [5.74, 6) is 0.697. The van der Waals surface area contributed by atoms with Crippen LogP contribution in [0.25, 0.3) is 0 Å². The van der Waals surface area contributed by atoms with Gasteiger partial charge in [-0.1, -0.05) is 6.07 Å². The van der Waals surface area contributed by atoms with Crippen LogP contribution in [0.15, 0.2) is 40.3 Å². The molecule has 4 nitrogen and oxygen atoms in total. The van der Waals surface area contributed by atoms with E-state index in [4.69, 9.17) is 4.74 Å². The molecule has 0 unspecified atom stereocenters. The van der Waals surface area contributed by atoms with Gasteiger partial charge in [0.2, 0.25) is 5.88 Å². The summed E-state index contributed by atoms with van der Waals surface area (Å²) in [6.45, 7) is 0. The van der Waals surface area contributed by atoms with Crippen molar-refractivity contribution < 1.29 is 9.53 Å². The van der Waals surface area contributed by atoms with Gasteiger partial charge in [0, 0.05) is 28.2 Å². The second-order valence-corrected chi connectivity index (χ2v) is 7.19. The molecule has 2 aromatic rings. The van der Waals surface area contributed by atoms with Gasteiger partial charge in [-0.2, -0.15) is 0 Å². The molecule has 2 aromatic heterocycles. The van der Waals surface area contributed by atoms with Crippen molar-refractivity contribution in [2.75, 3.05) is 0 Å². The third-order valence-corrected chi connectivity index (χ3v) is 5.42. The zero-order chi connectivity index (χ0) is 15.4. The number of nitrogens with zero attached hydrogens (tertiary/aromatic N) is 1. The molecule has 1 amide bonds. The highest BCUT2D eigenvalue weighted by molar-refractivity contribution is 9.10. The number of nitrogens with one attached hydrogen (secondary N) is 1. The van der Waals surface area contributed by atoms with Crippen molar-refractivity contribution in [2.24, 2.45) is 0 Å². The standard InChI is InChI=1S/C16H17BrN2O2S/c17-11-9-14(22-10-11)16(20)19-12-4-6-13(7-5-12)21-15-3-1-2-8-18-15/h1-3,8-10,12-13H,4-7H2,(H,19,20). The van der Waals surface area contributed by atoms with E-state index in [1.54, 1.807) is 6.20 Å². The van der Waals surface area contributed by atoms with Gasteiger partial charge in [-0.15, -0.1) is 11.3 Å². The molecule has 0 radical (unpaired) electrons. The summed E-state index contributed by atoms with van der Waals surface area (Å²) in [6, 6.07) is 7.77. The molecule has 6 heteroatoms. The lowest BCUT2D eigenvalue weighted by atomic mass is 9.93. The second kappa shape index (κ2) is 7.24. The quantitative estimate of drug-likeness (QED) is 0.870. The minimum Gasteiger partial charge on any atom is -0.474 e. The first-order valence-electron chi connectivity index (χ1n) is 7.33. The molecule has 116 valence electrons. The van der Waals surface area contributed by atoms with Crippen LogP contribution in [0.4, 0.5) is 0 Å². The average Bonchev–Trinajstić information content (AvgIpc) is 2.97. The lowest BCUT2D eigenvalue weighted by Crippen LogP contribution is -2.39. The van der Waals surface area contributed by atoms with E-state index in [-0.39, 0.29) is 18.1 Å². The van der Waals surface area contributed by atoms with Crippen molar-refractivity contribution in [1.29, 1.82) is 0 Å². The molecule has 1 saturated carbocycles. The normalized spacial score (nSPS) is 21.3. The van der Waals surface area contributed by atoms with Crippen LogP contribution in [0.5, 0.6) is 5.88 Å². The van der Waals surface area contributed by atoms with E-state index in [2.05, 4.69) is 26.2 Å². The molecule has 0 aromatic carbocycles. The van der Waals surface area contributed by atoms with Crippen LogP contribution in [0.1, 0.15) is 35.4 Å². The Morgan fingerprint density at radius 3 is 2.77 bits per heavy atom. The third-order valence-electron chi connectivity index (χ3n) is 3.73. The molecular weight excluding hydrogens is 364 g/mol. The van der Waals surface area contributed by atoms with Crippen molar-refractivity contribution >= 4 is 33.2 Å². The van der Waals surface area contributed by atoms with Gasteiger partial charge in [-0.05, 0) is 53.7 Å². The van der Waals surface area contributed by atoms with Crippen LogP contribution in [-0.4, -0.2) is 23.0 Å². The van der Waals surface area contributed by atoms with Gasteiger partial charge >= 0.3 is 0 Å². The van der Waals surface area contributed by atoms with Gasteiger partial charge in [0.25, 0.3) is 5.91 Å². The number of amides is 1. The summed E-state index contributed by atoms with van der Waals surface area (Å²) in [5.41, 5.74) is 0. The van der Waals surface area contributed by atoms with E-state index in [1.165, 1.54) is 11.3 Å². The Morgan fingerprint density at radius 1 is 1.32 bits per heavy atom. The van der Waals surface area contributed by atoms with Crippen molar-refractivity contribution in [3.05, 3.63) is 45.2 Å². The largest absolute Gasteiger partial charge is 0.474 e. The van der Waals surface area contributed by atoms with Gasteiger partial charge in [0.1, 0.15) is 6.10 Å². The van der Waals surface area contributed by atoms with Gasteiger partial charge in [-0.25, -0.2) is 4.98 Å². The molecule has 0 saturated heterocycles. The predicted molar refractivity (Wildman–Crippen MR) is 90.4 cm³/mol. The highest BCUT2D eigenvalue weighted by Gasteiger charge is 2.24. The molecule has 1 aliphatic carbocycles. The monoisotopic (exact) mass is 380 g/mol. The molecule has 2 heterocycles. The maximum Gasteiger partial charge on any atom is 0.261 e. The first-order valence-corrected chi connectivity index (χ1v) is 9.00. The summed E-state index contributed by atoms with van der Waals surface area (Å²) >= 11 is 4.83. The Labute approximate surface area is 142 Å². The molecule has 1 N–H and O–H groups in total. The van der Waals surface area contributed by atoms with Gasteiger partial charge in [0.15, 0.2) is 0 Å². The molecule has 0 bridgehead atoms. The van der Waals surface area contributed by atoms with E-state index in [9.17, 15) is 4.79 Å². The molecule has 3 rings (SSSR count). The number of hydrogen-bond donors (Lipinski definition) is 1. The van der Waals surface area contributed by atoms with Crippen LogP contribution in [0.2, 0.25) is 0 Å². The number of halogens is 1. The highest BCUT2D eigenvalue weighted by atomic mass is 79.9. The number of aromatic nitrogens is 1. The Kier molecular flexibility index (Phi) is 5.10. The molecule has 1 aliphatic rings. The van der Waals surface area contributed by atoms with E-state index in [0.29, 0.717) is 5.88 Å². The lowest BCUT2D eigenvalue weighted by Gasteiger charge is -2.29. The minimum absolute atomic E-state index is 0.0183. The minimum atomic E-state index is 0.0183. The third kappa shape index (κ3) is 4.08. The molecule has 0 aliphatic heterocycles. The molecule has 0 atom stereocenters. The fraction of sp³-hybridized carbons (Fsp3) is 0.375. The topological polar surface area (TPSA) is 51.2 Å². The Hall–Kier alpha value is -1.40. The summed E-state index contributed by atoms with van der Waals surface area (Å²) < 4.78 is 6.82. The first-order chi connectivity index (χ1) is 10.7. The summed E-state index contributed by atoms with van der Waals surface area (Å²) in [5, 5.41) is 5.04. The van der Waals surface area contributed by atoms with Crippen LogP contribution in [-0.2, 0) is 0 Å². The van der Waals surface area contributed by atoms with Crippen molar-refractivity contribution in [1.82, 2.24) is 10.3 Å². The number of hydrogen-bond acceptors (Lipinski definition) is 4. The van der Waals surface area contributed by atoms with Gasteiger partial charge in [0.05, 0.1) is 4.88 Å². The van der Waals surface area contributed by atoms with Crippen LogP contribution in [0, 0.1) is 0 Å². The van der Waals surface area contributed by atoms with Crippen LogP contribution in [0.3, 0.4) is 0 Å². The number of rotatable bonds is 4. The molecular formula is C16H17BrN2O2S. The number of pyridine rings is 1. The van der Waals surface area contributed by atoms with E-state index >= 15 is 0 Å². The van der Waals surface area contributed by atoms with E-state index in [0.717, 1.165) is 35.0 Å². The number of carbonyl (C=O) groups is 1. The van der Waals surface area contributed by atoms with Gasteiger partial charge < -0.3 is 10.1 Å². The number of thiophene rings is 1. The van der Waals surface area contributed by atoms with Gasteiger partial charge in [-0.3, -0.25) is 4.79 Å². The van der Waals surface area contributed by atoms with Crippen molar-refractivity contribution in [3.8, 4) is 5.88 Å². The van der Waals surface area contributed by atoms with Crippen molar-refractivity contribution in [2.45, 2.75) is 37.8 Å². The summed E-state index contributed by atoms with van der Waals surface area (Å²) in [6.07, 6.45) is 5.69. The molecule has 1 fully saturated rings. The molecule has 22 heavy (non-hydrogen) atoms. The zero-order valence-corrected chi connectivity index (χ0v) is 14.4. The predicted octanol–water partition coefficient (Wildman–Crippen LogP) is 4.03. The van der Waals surface area contributed by atoms with Crippen LogP contribution < -0.4 is 10.1 Å².